The lowest BCUT2D eigenvalue weighted by Gasteiger charge is -2.20. The molecule has 3 aromatic heterocycles. The van der Waals surface area contributed by atoms with E-state index in [4.69, 9.17) is 14.5 Å². The molecule has 224 valence electrons. The number of fused-ring (bicyclic) bond motifs is 6. The van der Waals surface area contributed by atoms with Crippen LogP contribution in [0.3, 0.4) is 0 Å². The van der Waals surface area contributed by atoms with E-state index >= 15 is 0 Å². The third-order valence-corrected chi connectivity index (χ3v) is 8.67. The molecular formula is C40H37N3O2. The molecule has 0 atom stereocenters. The predicted octanol–water partition coefficient (Wildman–Crippen LogP) is 11.2. The minimum Gasteiger partial charge on any atom is -0.457 e. The van der Waals surface area contributed by atoms with E-state index in [0.29, 0.717) is 29.2 Å². The van der Waals surface area contributed by atoms with Gasteiger partial charge in [-0.3, -0.25) is 4.40 Å². The number of benzene rings is 4. The van der Waals surface area contributed by atoms with Gasteiger partial charge in [-0.25, -0.2) is 9.97 Å². The van der Waals surface area contributed by atoms with E-state index in [0.717, 1.165) is 44.5 Å². The van der Waals surface area contributed by atoms with Gasteiger partial charge in [-0.05, 0) is 89.7 Å². The van der Waals surface area contributed by atoms with Gasteiger partial charge in [0.1, 0.15) is 22.9 Å². The molecule has 0 bridgehead atoms. The SMILES string of the molecule is Cc1cnc(Oc2cccc(Oc3ccc4c5ccccc5n5c(-c6c(C(C)C)cccc6C(C)C)cnc5c4c3)c2)cc1C. The number of rotatable bonds is 7. The quantitative estimate of drug-likeness (QED) is 0.173. The van der Waals surface area contributed by atoms with Gasteiger partial charge in [0, 0.05) is 34.7 Å². The molecule has 4 aromatic carbocycles. The summed E-state index contributed by atoms with van der Waals surface area (Å²) in [6.45, 7) is 13.2. The highest BCUT2D eigenvalue weighted by molar-refractivity contribution is 6.12. The zero-order valence-corrected chi connectivity index (χ0v) is 26.6. The average molecular weight is 592 g/mol. The minimum atomic E-state index is 0.376. The molecule has 0 spiro atoms. The molecule has 0 fully saturated rings. The maximum atomic E-state index is 6.42. The Morgan fingerprint density at radius 1 is 0.578 bits per heavy atom. The lowest BCUT2D eigenvalue weighted by atomic mass is 9.87. The molecule has 7 aromatic rings. The third-order valence-electron chi connectivity index (χ3n) is 8.67. The number of ether oxygens (including phenoxy) is 2. The van der Waals surface area contributed by atoms with Crippen molar-refractivity contribution in [1.29, 1.82) is 0 Å². The maximum Gasteiger partial charge on any atom is 0.219 e. The summed E-state index contributed by atoms with van der Waals surface area (Å²) in [5.41, 5.74) is 9.39. The smallest absolute Gasteiger partial charge is 0.219 e. The van der Waals surface area contributed by atoms with Crippen LogP contribution in [0.1, 0.15) is 61.8 Å². The van der Waals surface area contributed by atoms with Gasteiger partial charge in [-0.1, -0.05) is 70.2 Å². The number of imidazole rings is 1. The molecule has 0 radical (unpaired) electrons. The normalized spacial score (nSPS) is 11.7. The average Bonchev–Trinajstić information content (AvgIpc) is 3.48. The summed E-state index contributed by atoms with van der Waals surface area (Å²) in [6.07, 6.45) is 3.88. The number of hydrogen-bond acceptors (Lipinski definition) is 4. The summed E-state index contributed by atoms with van der Waals surface area (Å²) in [6, 6.07) is 31.2. The van der Waals surface area contributed by atoms with Crippen LogP contribution in [0.15, 0.2) is 103 Å². The van der Waals surface area contributed by atoms with Crippen molar-refractivity contribution in [3.8, 4) is 34.4 Å². The zero-order chi connectivity index (χ0) is 31.2. The van der Waals surface area contributed by atoms with Crippen LogP contribution >= 0.6 is 0 Å². The summed E-state index contributed by atoms with van der Waals surface area (Å²) in [5.74, 6) is 3.40. The Kier molecular flexibility index (Phi) is 7.25. The second-order valence-electron chi connectivity index (χ2n) is 12.4. The molecule has 0 amide bonds. The first-order chi connectivity index (χ1) is 21.8. The molecule has 45 heavy (non-hydrogen) atoms. The van der Waals surface area contributed by atoms with Crippen LogP contribution in [0.4, 0.5) is 0 Å². The molecule has 5 heteroatoms. The molecule has 0 aliphatic carbocycles. The van der Waals surface area contributed by atoms with Crippen molar-refractivity contribution in [1.82, 2.24) is 14.4 Å². The first kappa shape index (κ1) is 28.6. The molecule has 0 N–H and O–H groups in total. The highest BCUT2D eigenvalue weighted by Gasteiger charge is 2.21. The fourth-order valence-electron chi connectivity index (χ4n) is 6.22. The minimum absolute atomic E-state index is 0.376. The second kappa shape index (κ2) is 11.4. The highest BCUT2D eigenvalue weighted by Crippen LogP contribution is 2.40. The van der Waals surface area contributed by atoms with E-state index in [-0.39, 0.29) is 0 Å². The Bertz CT molecular complexity index is 2180. The largest absolute Gasteiger partial charge is 0.457 e. The summed E-state index contributed by atoms with van der Waals surface area (Å²) >= 11 is 0. The van der Waals surface area contributed by atoms with E-state index in [1.165, 1.54) is 22.1 Å². The number of hydrogen-bond donors (Lipinski definition) is 0. The van der Waals surface area contributed by atoms with E-state index in [1.807, 2.05) is 55.7 Å². The lowest BCUT2D eigenvalue weighted by molar-refractivity contribution is 0.449. The Labute approximate surface area is 264 Å². The van der Waals surface area contributed by atoms with E-state index in [2.05, 4.69) is 98.6 Å². The van der Waals surface area contributed by atoms with E-state index < -0.39 is 0 Å². The summed E-state index contributed by atoms with van der Waals surface area (Å²) in [4.78, 5) is 9.49. The topological polar surface area (TPSA) is 48.7 Å². The lowest BCUT2D eigenvalue weighted by Crippen LogP contribution is -2.02. The van der Waals surface area contributed by atoms with Crippen LogP contribution in [0, 0.1) is 13.8 Å². The molecule has 7 rings (SSSR count). The first-order valence-corrected chi connectivity index (χ1v) is 15.6. The van der Waals surface area contributed by atoms with Gasteiger partial charge in [0.15, 0.2) is 0 Å². The number of aromatic nitrogens is 3. The van der Waals surface area contributed by atoms with Crippen molar-refractivity contribution in [2.24, 2.45) is 0 Å². The van der Waals surface area contributed by atoms with Gasteiger partial charge in [0.2, 0.25) is 5.88 Å². The van der Waals surface area contributed by atoms with Gasteiger partial charge in [-0.2, -0.15) is 0 Å². The summed E-state index contributed by atoms with van der Waals surface area (Å²) in [7, 11) is 0. The van der Waals surface area contributed by atoms with E-state index in [9.17, 15) is 0 Å². The van der Waals surface area contributed by atoms with Gasteiger partial charge in [0.25, 0.3) is 0 Å². The molecule has 5 nitrogen and oxygen atoms in total. The van der Waals surface area contributed by atoms with Gasteiger partial charge >= 0.3 is 0 Å². The van der Waals surface area contributed by atoms with E-state index in [1.54, 1.807) is 0 Å². The summed E-state index contributed by atoms with van der Waals surface area (Å²) in [5, 5.41) is 3.36. The van der Waals surface area contributed by atoms with Crippen LogP contribution in [0.5, 0.6) is 23.1 Å². The number of para-hydroxylation sites is 1. The van der Waals surface area contributed by atoms with Crippen molar-refractivity contribution in [3.05, 3.63) is 126 Å². The van der Waals surface area contributed by atoms with Gasteiger partial charge in [-0.15, -0.1) is 0 Å². The van der Waals surface area contributed by atoms with Crippen molar-refractivity contribution >= 4 is 27.3 Å². The van der Waals surface area contributed by atoms with Crippen LogP contribution in [-0.2, 0) is 0 Å². The van der Waals surface area contributed by atoms with Crippen LogP contribution in [0.2, 0.25) is 0 Å². The Morgan fingerprint density at radius 2 is 1.27 bits per heavy atom. The van der Waals surface area contributed by atoms with Crippen LogP contribution in [-0.4, -0.2) is 14.4 Å². The monoisotopic (exact) mass is 591 g/mol. The molecule has 0 saturated carbocycles. The second-order valence-corrected chi connectivity index (χ2v) is 12.4. The molecule has 0 aliphatic heterocycles. The third kappa shape index (κ3) is 5.18. The highest BCUT2D eigenvalue weighted by atomic mass is 16.5. The Morgan fingerprint density at radius 3 is 2.00 bits per heavy atom. The Hall–Kier alpha value is -5.16. The van der Waals surface area contributed by atoms with Crippen molar-refractivity contribution in [2.75, 3.05) is 0 Å². The van der Waals surface area contributed by atoms with Crippen molar-refractivity contribution in [2.45, 2.75) is 53.4 Å². The zero-order valence-electron chi connectivity index (χ0n) is 26.6. The molecule has 0 saturated heterocycles. The number of pyridine rings is 2. The number of aryl methyl sites for hydroxylation is 2. The molecule has 0 unspecified atom stereocenters. The fraction of sp³-hybridized carbons (Fsp3) is 0.200. The van der Waals surface area contributed by atoms with Gasteiger partial charge < -0.3 is 9.47 Å². The van der Waals surface area contributed by atoms with Crippen molar-refractivity contribution < 1.29 is 9.47 Å². The number of nitrogens with zero attached hydrogens (tertiary/aromatic N) is 3. The first-order valence-electron chi connectivity index (χ1n) is 15.6. The molecule has 3 heterocycles. The van der Waals surface area contributed by atoms with Crippen molar-refractivity contribution in [3.63, 3.8) is 0 Å². The standard InChI is InChI=1S/C40H37N3O2/c1-24(2)31-14-10-15-32(25(3)4)39(31)37-23-42-40-35-21-30(17-18-33(35)34-13-7-8-16-36(34)43(37)40)44-28-11-9-12-29(20-28)45-38-19-26(5)27(6)22-41-38/h7-25H,1-6H3. The Balaban J connectivity index is 1.35. The molecular weight excluding hydrogens is 554 g/mol. The maximum absolute atomic E-state index is 6.42. The van der Waals surface area contributed by atoms with Crippen LogP contribution < -0.4 is 9.47 Å². The summed E-state index contributed by atoms with van der Waals surface area (Å²) < 4.78 is 14.8. The van der Waals surface area contributed by atoms with Crippen LogP contribution in [0.25, 0.3) is 38.6 Å². The fourth-order valence-corrected chi connectivity index (χ4v) is 6.22. The van der Waals surface area contributed by atoms with Gasteiger partial charge in [0.05, 0.1) is 17.4 Å². The molecule has 0 aliphatic rings. The predicted molar refractivity (Wildman–Crippen MR) is 184 cm³/mol.